The molecule has 0 aromatic heterocycles. The van der Waals surface area contributed by atoms with Crippen LogP contribution in [0.3, 0.4) is 0 Å². The van der Waals surface area contributed by atoms with Crippen molar-refractivity contribution in [3.8, 4) is 28.7 Å². The van der Waals surface area contributed by atoms with Crippen LogP contribution in [0.4, 0.5) is 0 Å². The van der Waals surface area contributed by atoms with Crippen LogP contribution in [-0.4, -0.2) is 31.3 Å². The molecule has 0 aliphatic heterocycles. The number of benzene rings is 2. The van der Waals surface area contributed by atoms with Gasteiger partial charge in [0.1, 0.15) is 5.75 Å². The van der Waals surface area contributed by atoms with Crippen LogP contribution in [0.2, 0.25) is 0 Å². The SMILES string of the molecule is O=C(c1cccc(O)c1)c1cc(O)c(O)c(O)c1O. The first-order valence-electron chi connectivity index (χ1n) is 5.22. The van der Waals surface area contributed by atoms with E-state index in [4.69, 9.17) is 0 Å². The van der Waals surface area contributed by atoms with E-state index in [1.165, 1.54) is 24.3 Å². The van der Waals surface area contributed by atoms with Crippen LogP contribution in [0.15, 0.2) is 30.3 Å². The normalized spacial score (nSPS) is 10.3. The topological polar surface area (TPSA) is 118 Å². The van der Waals surface area contributed by atoms with Gasteiger partial charge < -0.3 is 25.5 Å². The number of hydrogen-bond donors (Lipinski definition) is 5. The van der Waals surface area contributed by atoms with Gasteiger partial charge in [0, 0.05) is 5.56 Å². The van der Waals surface area contributed by atoms with Crippen LogP contribution in [-0.2, 0) is 0 Å². The van der Waals surface area contributed by atoms with Gasteiger partial charge in [-0.05, 0) is 18.2 Å². The summed E-state index contributed by atoms with van der Waals surface area (Å²) < 4.78 is 0. The molecular formula is C13H10O6. The van der Waals surface area contributed by atoms with Gasteiger partial charge in [0.25, 0.3) is 0 Å². The summed E-state index contributed by atoms with van der Waals surface area (Å²) in [7, 11) is 0. The lowest BCUT2D eigenvalue weighted by atomic mass is 10.0. The number of phenolic OH excluding ortho intramolecular Hbond substituents is 5. The molecule has 0 saturated heterocycles. The van der Waals surface area contributed by atoms with E-state index in [1.807, 2.05) is 0 Å². The third kappa shape index (κ3) is 2.11. The molecular weight excluding hydrogens is 252 g/mol. The summed E-state index contributed by atoms with van der Waals surface area (Å²) in [6, 6.07) is 6.18. The number of phenols is 5. The molecule has 5 N–H and O–H groups in total. The predicted molar refractivity (Wildman–Crippen MR) is 64.6 cm³/mol. The largest absolute Gasteiger partial charge is 0.508 e. The van der Waals surface area contributed by atoms with E-state index in [1.54, 1.807) is 0 Å². The highest BCUT2D eigenvalue weighted by atomic mass is 16.3. The summed E-state index contributed by atoms with van der Waals surface area (Å²) >= 11 is 0. The Bertz CT molecular complexity index is 662. The molecule has 2 aromatic carbocycles. The molecule has 0 amide bonds. The average molecular weight is 262 g/mol. The summed E-state index contributed by atoms with van der Waals surface area (Å²) in [5.41, 5.74) is -0.335. The Morgan fingerprint density at radius 1 is 0.842 bits per heavy atom. The van der Waals surface area contributed by atoms with Gasteiger partial charge in [-0.25, -0.2) is 0 Å². The van der Waals surface area contributed by atoms with Crippen molar-refractivity contribution in [3.05, 3.63) is 41.5 Å². The van der Waals surface area contributed by atoms with E-state index in [2.05, 4.69) is 0 Å². The summed E-state index contributed by atoms with van der Waals surface area (Å²) in [6.45, 7) is 0. The lowest BCUT2D eigenvalue weighted by Gasteiger charge is -2.08. The van der Waals surface area contributed by atoms with Crippen LogP contribution in [0.1, 0.15) is 15.9 Å². The Morgan fingerprint density at radius 3 is 2.16 bits per heavy atom. The molecule has 19 heavy (non-hydrogen) atoms. The number of carbonyl (C=O) groups excluding carboxylic acids is 1. The minimum absolute atomic E-state index is 0.0554. The third-order valence-electron chi connectivity index (χ3n) is 2.58. The molecule has 6 nitrogen and oxygen atoms in total. The van der Waals surface area contributed by atoms with Crippen molar-refractivity contribution >= 4 is 5.78 Å². The minimum atomic E-state index is -0.983. The molecule has 98 valence electrons. The predicted octanol–water partition coefficient (Wildman–Crippen LogP) is 1.45. The quantitative estimate of drug-likeness (QED) is 0.317. The fourth-order valence-electron chi connectivity index (χ4n) is 1.61. The zero-order chi connectivity index (χ0) is 14.2. The lowest BCUT2D eigenvalue weighted by Crippen LogP contribution is -2.01. The second-order valence-corrected chi connectivity index (χ2v) is 3.87. The van der Waals surface area contributed by atoms with Crippen molar-refractivity contribution in [1.29, 1.82) is 0 Å². The van der Waals surface area contributed by atoms with E-state index in [0.717, 1.165) is 6.07 Å². The van der Waals surface area contributed by atoms with Crippen LogP contribution in [0.5, 0.6) is 28.7 Å². The second-order valence-electron chi connectivity index (χ2n) is 3.87. The number of carbonyl (C=O) groups is 1. The zero-order valence-corrected chi connectivity index (χ0v) is 9.53. The van der Waals surface area contributed by atoms with Gasteiger partial charge in [-0.2, -0.15) is 0 Å². The molecule has 0 heterocycles. The molecule has 0 spiro atoms. The van der Waals surface area contributed by atoms with Crippen molar-refractivity contribution in [3.63, 3.8) is 0 Å². The van der Waals surface area contributed by atoms with E-state index in [-0.39, 0.29) is 11.3 Å². The molecule has 0 aliphatic carbocycles. The molecule has 0 atom stereocenters. The van der Waals surface area contributed by atoms with Gasteiger partial charge in [-0.3, -0.25) is 4.79 Å². The maximum absolute atomic E-state index is 12.1. The maximum atomic E-state index is 12.1. The first-order valence-corrected chi connectivity index (χ1v) is 5.22. The molecule has 0 fully saturated rings. The summed E-state index contributed by atoms with van der Waals surface area (Å²) in [4.78, 5) is 12.1. The molecule has 2 aromatic rings. The molecule has 0 saturated carbocycles. The highest BCUT2D eigenvalue weighted by Crippen LogP contribution is 2.44. The highest BCUT2D eigenvalue weighted by molar-refractivity contribution is 6.11. The van der Waals surface area contributed by atoms with E-state index in [9.17, 15) is 30.3 Å². The van der Waals surface area contributed by atoms with Gasteiger partial charge >= 0.3 is 0 Å². The van der Waals surface area contributed by atoms with Gasteiger partial charge in [-0.15, -0.1) is 0 Å². The van der Waals surface area contributed by atoms with E-state index >= 15 is 0 Å². The minimum Gasteiger partial charge on any atom is -0.508 e. The highest BCUT2D eigenvalue weighted by Gasteiger charge is 2.22. The Labute approximate surface area is 107 Å². The average Bonchev–Trinajstić information content (AvgIpc) is 2.40. The number of hydrogen-bond acceptors (Lipinski definition) is 6. The lowest BCUT2D eigenvalue weighted by molar-refractivity contribution is 0.103. The second kappa shape index (κ2) is 4.41. The molecule has 6 heteroatoms. The van der Waals surface area contributed by atoms with Crippen molar-refractivity contribution in [1.82, 2.24) is 0 Å². The maximum Gasteiger partial charge on any atom is 0.205 e. The zero-order valence-electron chi connectivity index (χ0n) is 9.53. The van der Waals surface area contributed by atoms with E-state index in [0.29, 0.717) is 0 Å². The number of aromatic hydroxyl groups is 5. The molecule has 0 aliphatic rings. The Morgan fingerprint density at radius 2 is 1.53 bits per heavy atom. The van der Waals surface area contributed by atoms with Crippen molar-refractivity contribution < 1.29 is 30.3 Å². The molecule has 0 radical (unpaired) electrons. The van der Waals surface area contributed by atoms with Crippen LogP contribution in [0, 0.1) is 0 Å². The van der Waals surface area contributed by atoms with Crippen molar-refractivity contribution in [2.45, 2.75) is 0 Å². The fourth-order valence-corrected chi connectivity index (χ4v) is 1.61. The number of rotatable bonds is 2. The molecule has 2 rings (SSSR count). The monoisotopic (exact) mass is 262 g/mol. The summed E-state index contributed by atoms with van der Waals surface area (Å²) in [5, 5.41) is 46.8. The van der Waals surface area contributed by atoms with Crippen LogP contribution in [0.25, 0.3) is 0 Å². The van der Waals surface area contributed by atoms with Crippen LogP contribution < -0.4 is 0 Å². The first kappa shape index (κ1) is 12.6. The number of ketones is 1. The first-order chi connectivity index (χ1) is 8.91. The third-order valence-corrected chi connectivity index (χ3v) is 2.58. The van der Waals surface area contributed by atoms with Gasteiger partial charge in [0.2, 0.25) is 11.5 Å². The van der Waals surface area contributed by atoms with Gasteiger partial charge in [-0.1, -0.05) is 12.1 Å². The Hall–Kier alpha value is -2.89. The van der Waals surface area contributed by atoms with E-state index < -0.39 is 34.3 Å². The van der Waals surface area contributed by atoms with Gasteiger partial charge in [0.05, 0.1) is 5.56 Å². The van der Waals surface area contributed by atoms with Crippen molar-refractivity contribution in [2.24, 2.45) is 0 Å². The summed E-state index contributed by atoms with van der Waals surface area (Å²) in [6.07, 6.45) is 0. The van der Waals surface area contributed by atoms with Crippen molar-refractivity contribution in [2.75, 3.05) is 0 Å². The fraction of sp³-hybridized carbons (Fsp3) is 0. The van der Waals surface area contributed by atoms with Crippen LogP contribution >= 0.6 is 0 Å². The smallest absolute Gasteiger partial charge is 0.205 e. The Balaban J connectivity index is 2.57. The standard InChI is InChI=1S/C13H10O6/c14-7-3-1-2-6(4-7)10(16)8-5-9(15)12(18)13(19)11(8)17/h1-5,14-15,17-19H. The molecule has 0 bridgehead atoms. The summed E-state index contributed by atoms with van der Waals surface area (Å²) in [5.74, 6) is -4.34. The van der Waals surface area contributed by atoms with Gasteiger partial charge in [0.15, 0.2) is 17.3 Å². The molecule has 0 unspecified atom stereocenters. The Kier molecular flexibility index (Phi) is 2.92.